The summed E-state index contributed by atoms with van der Waals surface area (Å²) in [6.07, 6.45) is 1.86. The van der Waals surface area contributed by atoms with E-state index in [0.717, 1.165) is 24.0 Å². The zero-order valence-corrected chi connectivity index (χ0v) is 18.1. The monoisotopic (exact) mass is 427 g/mol. The number of nitrogens with one attached hydrogen (secondary N) is 3. The molecule has 0 radical (unpaired) electrons. The first-order chi connectivity index (χ1) is 15.4. The number of anilines is 3. The molecule has 0 bridgehead atoms. The highest BCUT2D eigenvalue weighted by Gasteiger charge is 2.29. The summed E-state index contributed by atoms with van der Waals surface area (Å²) in [6, 6.07) is 19.6. The molecule has 0 atom stereocenters. The molecule has 0 aliphatic heterocycles. The van der Waals surface area contributed by atoms with Crippen molar-refractivity contribution in [3.63, 3.8) is 0 Å². The molecule has 3 N–H and O–H groups in total. The summed E-state index contributed by atoms with van der Waals surface area (Å²) in [7, 11) is 0. The first kappa shape index (κ1) is 21.3. The van der Waals surface area contributed by atoms with Crippen molar-refractivity contribution in [1.82, 2.24) is 0 Å². The topological polar surface area (TPSA) is 87.3 Å². The van der Waals surface area contributed by atoms with Gasteiger partial charge in [0.2, 0.25) is 5.91 Å². The van der Waals surface area contributed by atoms with Crippen molar-refractivity contribution in [3.05, 3.63) is 89.0 Å². The van der Waals surface area contributed by atoms with Gasteiger partial charge in [0.1, 0.15) is 0 Å². The maximum absolute atomic E-state index is 12.9. The third-order valence-electron chi connectivity index (χ3n) is 5.49. The molecule has 3 amide bonds. The lowest BCUT2D eigenvalue weighted by Crippen LogP contribution is -2.16. The fourth-order valence-corrected chi connectivity index (χ4v) is 3.30. The first-order valence-electron chi connectivity index (χ1n) is 10.6. The Hall–Kier alpha value is -3.93. The van der Waals surface area contributed by atoms with Crippen LogP contribution in [0.2, 0.25) is 0 Å². The maximum Gasteiger partial charge on any atom is 0.255 e. The van der Waals surface area contributed by atoms with Crippen molar-refractivity contribution in [1.29, 1.82) is 0 Å². The molecule has 162 valence electrons. The average molecular weight is 428 g/mol. The predicted molar refractivity (Wildman–Crippen MR) is 126 cm³/mol. The molecule has 0 spiro atoms. The molecule has 0 aromatic heterocycles. The lowest BCUT2D eigenvalue weighted by molar-refractivity contribution is -0.117. The van der Waals surface area contributed by atoms with E-state index < -0.39 is 0 Å². The minimum absolute atomic E-state index is 0.0171. The number of hydrogen-bond donors (Lipinski definition) is 3. The second-order valence-corrected chi connectivity index (χ2v) is 8.10. The van der Waals surface area contributed by atoms with Crippen molar-refractivity contribution in [2.75, 3.05) is 16.0 Å². The standard InChI is InChI=1S/C26H25N3O3/c1-16-8-10-20(14-22(16)28-25(31)18-6-4-3-5-7-18)26(32)29-23-15-21(13-9-17(23)2)27-24(30)19-11-12-19/h3-10,13-15,19H,11-12H2,1-2H3,(H,27,30)(H,28,31)(H,29,32). The van der Waals surface area contributed by atoms with Crippen molar-refractivity contribution in [2.24, 2.45) is 5.92 Å². The molecular formula is C26H25N3O3. The Balaban J connectivity index is 1.49. The molecule has 0 unspecified atom stereocenters. The number of carbonyl (C=O) groups excluding carboxylic acids is 3. The van der Waals surface area contributed by atoms with Crippen LogP contribution < -0.4 is 16.0 Å². The van der Waals surface area contributed by atoms with Gasteiger partial charge in [0, 0.05) is 34.1 Å². The third kappa shape index (κ3) is 5.03. The van der Waals surface area contributed by atoms with Gasteiger partial charge in [-0.3, -0.25) is 14.4 Å². The summed E-state index contributed by atoms with van der Waals surface area (Å²) in [4.78, 5) is 37.5. The van der Waals surface area contributed by atoms with Gasteiger partial charge in [-0.2, -0.15) is 0 Å². The van der Waals surface area contributed by atoms with Gasteiger partial charge < -0.3 is 16.0 Å². The van der Waals surface area contributed by atoms with Gasteiger partial charge in [0.05, 0.1) is 0 Å². The Bertz CT molecular complexity index is 1180. The lowest BCUT2D eigenvalue weighted by Gasteiger charge is -2.13. The van der Waals surface area contributed by atoms with E-state index >= 15 is 0 Å². The highest BCUT2D eigenvalue weighted by Crippen LogP contribution is 2.31. The summed E-state index contributed by atoms with van der Waals surface area (Å²) in [6.45, 7) is 3.77. The average Bonchev–Trinajstić information content (AvgIpc) is 3.63. The van der Waals surface area contributed by atoms with E-state index in [1.54, 1.807) is 48.5 Å². The molecule has 1 saturated carbocycles. The lowest BCUT2D eigenvalue weighted by atomic mass is 10.1. The number of carbonyl (C=O) groups is 3. The first-order valence-corrected chi connectivity index (χ1v) is 10.6. The molecule has 4 rings (SSSR count). The molecule has 1 fully saturated rings. The Labute approximate surface area is 187 Å². The van der Waals surface area contributed by atoms with E-state index in [-0.39, 0.29) is 23.6 Å². The molecular weight excluding hydrogens is 402 g/mol. The van der Waals surface area contributed by atoms with E-state index in [9.17, 15) is 14.4 Å². The molecule has 3 aromatic rings. The van der Waals surface area contributed by atoms with Crippen molar-refractivity contribution < 1.29 is 14.4 Å². The quantitative estimate of drug-likeness (QED) is 0.508. The highest BCUT2D eigenvalue weighted by molar-refractivity contribution is 6.08. The summed E-state index contributed by atoms with van der Waals surface area (Å²) in [5, 5.41) is 8.69. The van der Waals surface area contributed by atoms with Crippen molar-refractivity contribution >= 4 is 34.8 Å². The molecule has 1 aliphatic carbocycles. The largest absolute Gasteiger partial charge is 0.326 e. The van der Waals surface area contributed by atoms with Gasteiger partial charge in [-0.05, 0) is 74.2 Å². The predicted octanol–water partition coefficient (Wildman–Crippen LogP) is 5.16. The SMILES string of the molecule is Cc1ccc(NC(=O)C2CC2)cc1NC(=O)c1ccc(C)c(NC(=O)c2ccccc2)c1. The van der Waals surface area contributed by atoms with Crippen LogP contribution in [-0.4, -0.2) is 17.7 Å². The van der Waals surface area contributed by atoms with Crippen LogP contribution in [0.5, 0.6) is 0 Å². The Kier molecular flexibility index (Phi) is 6.03. The van der Waals surface area contributed by atoms with Crippen LogP contribution in [0.15, 0.2) is 66.7 Å². The van der Waals surface area contributed by atoms with Crippen molar-refractivity contribution in [2.45, 2.75) is 26.7 Å². The van der Waals surface area contributed by atoms with Gasteiger partial charge in [-0.15, -0.1) is 0 Å². The minimum atomic E-state index is -0.297. The molecule has 0 heterocycles. The third-order valence-corrected chi connectivity index (χ3v) is 5.49. The number of aryl methyl sites for hydroxylation is 2. The Morgan fingerprint density at radius 3 is 1.94 bits per heavy atom. The Morgan fingerprint density at radius 2 is 1.28 bits per heavy atom. The van der Waals surface area contributed by atoms with Gasteiger partial charge >= 0.3 is 0 Å². The van der Waals surface area contributed by atoms with Gasteiger partial charge in [0.25, 0.3) is 11.8 Å². The van der Waals surface area contributed by atoms with Crippen molar-refractivity contribution in [3.8, 4) is 0 Å². The van der Waals surface area contributed by atoms with Gasteiger partial charge in [-0.1, -0.05) is 30.3 Å². The van der Waals surface area contributed by atoms with Crippen LogP contribution in [0.3, 0.4) is 0 Å². The van der Waals surface area contributed by atoms with Crippen LogP contribution in [0.25, 0.3) is 0 Å². The van der Waals surface area contributed by atoms with Gasteiger partial charge in [0.15, 0.2) is 0 Å². The van der Waals surface area contributed by atoms with Crippen LogP contribution in [-0.2, 0) is 4.79 Å². The molecule has 6 heteroatoms. The maximum atomic E-state index is 12.9. The fourth-order valence-electron chi connectivity index (χ4n) is 3.30. The van der Waals surface area contributed by atoms with E-state index in [4.69, 9.17) is 0 Å². The summed E-state index contributed by atoms with van der Waals surface area (Å²) >= 11 is 0. The van der Waals surface area contributed by atoms with E-state index in [2.05, 4.69) is 16.0 Å². The number of rotatable bonds is 6. The van der Waals surface area contributed by atoms with E-state index in [0.29, 0.717) is 28.2 Å². The van der Waals surface area contributed by atoms with Crippen LogP contribution in [0.1, 0.15) is 44.7 Å². The van der Waals surface area contributed by atoms with E-state index in [1.165, 1.54) is 0 Å². The second kappa shape index (κ2) is 9.06. The zero-order chi connectivity index (χ0) is 22.7. The summed E-state index contributed by atoms with van der Waals surface area (Å²) in [5.41, 5.74) is 4.56. The zero-order valence-electron chi connectivity index (χ0n) is 18.1. The molecule has 3 aromatic carbocycles. The van der Waals surface area contributed by atoms with E-state index in [1.807, 2.05) is 32.0 Å². The number of hydrogen-bond acceptors (Lipinski definition) is 3. The highest BCUT2D eigenvalue weighted by atomic mass is 16.2. The summed E-state index contributed by atoms with van der Waals surface area (Å²) < 4.78 is 0. The van der Waals surface area contributed by atoms with Crippen LogP contribution in [0, 0.1) is 19.8 Å². The van der Waals surface area contributed by atoms with Crippen LogP contribution in [0.4, 0.5) is 17.1 Å². The second-order valence-electron chi connectivity index (χ2n) is 8.10. The smallest absolute Gasteiger partial charge is 0.255 e. The summed E-state index contributed by atoms with van der Waals surface area (Å²) in [5.74, 6) is -0.412. The minimum Gasteiger partial charge on any atom is -0.326 e. The molecule has 32 heavy (non-hydrogen) atoms. The molecule has 0 saturated heterocycles. The number of benzene rings is 3. The molecule has 1 aliphatic rings. The number of amides is 3. The Morgan fingerprint density at radius 1 is 0.688 bits per heavy atom. The van der Waals surface area contributed by atoms with Gasteiger partial charge in [-0.25, -0.2) is 0 Å². The fraction of sp³-hybridized carbons (Fsp3) is 0.192. The molecule has 6 nitrogen and oxygen atoms in total. The normalized spacial score (nSPS) is 12.7. The van der Waals surface area contributed by atoms with Crippen LogP contribution >= 0.6 is 0 Å².